The third-order valence-electron chi connectivity index (χ3n) is 4.06. The molecule has 0 spiro atoms. The van der Waals surface area contributed by atoms with Crippen LogP contribution in [0.15, 0.2) is 22.7 Å². The van der Waals surface area contributed by atoms with Gasteiger partial charge in [0.1, 0.15) is 5.75 Å². The van der Waals surface area contributed by atoms with E-state index in [0.29, 0.717) is 61.6 Å². The summed E-state index contributed by atoms with van der Waals surface area (Å²) in [6.45, 7) is 2.27. The van der Waals surface area contributed by atoms with E-state index < -0.39 is 6.36 Å². The van der Waals surface area contributed by atoms with Gasteiger partial charge in [0.15, 0.2) is 5.82 Å². The number of fused-ring (bicyclic) bond motifs is 1. The molecule has 1 aromatic carbocycles. The minimum Gasteiger partial charge on any atom is -0.406 e. The van der Waals surface area contributed by atoms with Crippen molar-refractivity contribution in [3.8, 4) is 5.75 Å². The second kappa shape index (κ2) is 7.35. The lowest BCUT2D eigenvalue weighted by atomic mass is 10.0. The highest BCUT2D eigenvalue weighted by Gasteiger charge is 2.32. The lowest BCUT2D eigenvalue weighted by molar-refractivity contribution is -0.274. The first-order chi connectivity index (χ1) is 12.3. The number of alkyl halides is 3. The number of rotatable bonds is 5. The Kier molecular flexibility index (Phi) is 5.15. The van der Waals surface area contributed by atoms with Crippen LogP contribution in [0, 0.1) is 6.92 Å². The molecule has 0 atom stereocenters. The van der Waals surface area contributed by atoms with Crippen LogP contribution >= 0.6 is 0 Å². The molecule has 6 nitrogen and oxygen atoms in total. The quantitative estimate of drug-likeness (QED) is 0.806. The molecule has 2 aromatic rings. The second-order valence-corrected chi connectivity index (χ2v) is 6.08. The minimum atomic E-state index is -4.73. The van der Waals surface area contributed by atoms with Gasteiger partial charge in [-0.15, -0.1) is 13.2 Å². The van der Waals surface area contributed by atoms with Gasteiger partial charge >= 0.3 is 6.36 Å². The highest BCUT2D eigenvalue weighted by molar-refractivity contribution is 5.94. The van der Waals surface area contributed by atoms with Crippen LogP contribution in [-0.2, 0) is 17.6 Å². The van der Waals surface area contributed by atoms with Crippen LogP contribution in [0.5, 0.6) is 5.75 Å². The Morgan fingerprint density at radius 3 is 2.88 bits per heavy atom. The summed E-state index contributed by atoms with van der Waals surface area (Å²) in [4.78, 5) is 18.2. The van der Waals surface area contributed by atoms with Crippen molar-refractivity contribution >= 4 is 11.6 Å². The van der Waals surface area contributed by atoms with E-state index in [0.717, 1.165) is 0 Å². The molecule has 0 radical (unpaired) electrons. The number of nitrogens with zero attached hydrogens (tertiary/aromatic N) is 3. The number of carbonyl (C=O) groups is 1. The summed E-state index contributed by atoms with van der Waals surface area (Å²) in [5.74, 6) is 0.695. The molecule has 0 bridgehead atoms. The van der Waals surface area contributed by atoms with E-state index in [1.165, 1.54) is 18.2 Å². The Labute approximate surface area is 147 Å². The summed E-state index contributed by atoms with van der Waals surface area (Å²) >= 11 is 0. The van der Waals surface area contributed by atoms with Gasteiger partial charge in [-0.25, -0.2) is 0 Å². The van der Waals surface area contributed by atoms with Gasteiger partial charge in [0, 0.05) is 25.1 Å². The number of amides is 1. The number of benzene rings is 1. The van der Waals surface area contributed by atoms with Gasteiger partial charge in [-0.05, 0) is 49.9 Å². The highest BCUT2D eigenvalue weighted by atomic mass is 19.4. The fraction of sp³-hybridized carbons (Fsp3) is 0.471. The first-order valence-corrected chi connectivity index (χ1v) is 8.30. The number of halogens is 3. The maximum absolute atomic E-state index is 12.5. The number of carbonyl (C=O) groups excluding carboxylic acids is 1. The standard InChI is InChI=1S/C17H18F3N3O3/c1-11-21-15(26-22-11)5-2-6-16(24)23-9-3-4-12-10-13(7-8-14(12)23)25-17(18,19)20/h7-8,10H,2-6,9H2,1H3. The van der Waals surface area contributed by atoms with Crippen LogP contribution in [0.2, 0.25) is 0 Å². The second-order valence-electron chi connectivity index (χ2n) is 6.08. The molecular weight excluding hydrogens is 351 g/mol. The van der Waals surface area contributed by atoms with Gasteiger partial charge in [0.25, 0.3) is 0 Å². The minimum absolute atomic E-state index is 0.0772. The third-order valence-corrected chi connectivity index (χ3v) is 4.06. The zero-order valence-electron chi connectivity index (χ0n) is 14.2. The smallest absolute Gasteiger partial charge is 0.406 e. The van der Waals surface area contributed by atoms with Crippen molar-refractivity contribution in [1.82, 2.24) is 10.1 Å². The van der Waals surface area contributed by atoms with Gasteiger partial charge in [0.05, 0.1) is 0 Å². The number of hydrogen-bond donors (Lipinski definition) is 0. The predicted molar refractivity (Wildman–Crippen MR) is 85.8 cm³/mol. The SMILES string of the molecule is Cc1noc(CCCC(=O)N2CCCc3cc(OC(F)(F)F)ccc32)n1. The number of hydrogen-bond acceptors (Lipinski definition) is 5. The van der Waals surface area contributed by atoms with Crippen LogP contribution in [0.1, 0.15) is 36.5 Å². The Hall–Kier alpha value is -2.58. The van der Waals surface area contributed by atoms with E-state index in [-0.39, 0.29) is 11.7 Å². The number of aromatic nitrogens is 2. The normalized spacial score (nSPS) is 14.2. The molecule has 140 valence electrons. The average Bonchev–Trinajstić information content (AvgIpc) is 2.97. The predicted octanol–water partition coefficient (Wildman–Crippen LogP) is 3.58. The molecule has 9 heteroatoms. The first-order valence-electron chi connectivity index (χ1n) is 8.30. The van der Waals surface area contributed by atoms with E-state index in [4.69, 9.17) is 4.52 Å². The van der Waals surface area contributed by atoms with Gasteiger partial charge < -0.3 is 14.2 Å². The molecule has 26 heavy (non-hydrogen) atoms. The lowest BCUT2D eigenvalue weighted by Gasteiger charge is -2.30. The fourth-order valence-electron chi connectivity index (χ4n) is 3.00. The van der Waals surface area contributed by atoms with Crippen molar-refractivity contribution in [1.29, 1.82) is 0 Å². The fourth-order valence-corrected chi connectivity index (χ4v) is 3.00. The zero-order chi connectivity index (χ0) is 18.7. The van der Waals surface area contributed by atoms with E-state index in [1.807, 2.05) is 0 Å². The molecule has 2 heterocycles. The molecule has 0 N–H and O–H groups in total. The van der Waals surface area contributed by atoms with Crippen molar-refractivity contribution in [2.24, 2.45) is 0 Å². The van der Waals surface area contributed by atoms with Crippen LogP contribution in [0.4, 0.5) is 18.9 Å². The maximum atomic E-state index is 12.5. The summed E-state index contributed by atoms with van der Waals surface area (Å²) in [5, 5.41) is 3.69. The van der Waals surface area contributed by atoms with Crippen molar-refractivity contribution in [2.75, 3.05) is 11.4 Å². The highest BCUT2D eigenvalue weighted by Crippen LogP contribution is 2.33. The summed E-state index contributed by atoms with van der Waals surface area (Å²) in [6, 6.07) is 4.09. The number of anilines is 1. The lowest BCUT2D eigenvalue weighted by Crippen LogP contribution is -2.35. The van der Waals surface area contributed by atoms with Crippen LogP contribution < -0.4 is 9.64 Å². The van der Waals surface area contributed by atoms with Crippen LogP contribution in [0.25, 0.3) is 0 Å². The largest absolute Gasteiger partial charge is 0.573 e. The Bertz CT molecular complexity index is 789. The molecule has 1 aliphatic heterocycles. The molecule has 0 saturated carbocycles. The Morgan fingerprint density at radius 1 is 1.38 bits per heavy atom. The topological polar surface area (TPSA) is 68.5 Å². The van der Waals surface area contributed by atoms with Gasteiger partial charge in [0.2, 0.25) is 11.8 Å². The van der Waals surface area contributed by atoms with E-state index in [9.17, 15) is 18.0 Å². The molecule has 0 aliphatic carbocycles. The molecule has 0 saturated heterocycles. The summed E-state index contributed by atoms with van der Waals surface area (Å²) in [6.07, 6.45) is -2.08. The van der Waals surface area contributed by atoms with Crippen molar-refractivity contribution in [3.63, 3.8) is 0 Å². The Morgan fingerprint density at radius 2 is 2.19 bits per heavy atom. The maximum Gasteiger partial charge on any atom is 0.573 e. The van der Waals surface area contributed by atoms with Crippen molar-refractivity contribution in [2.45, 2.75) is 45.4 Å². The van der Waals surface area contributed by atoms with Gasteiger partial charge in [-0.1, -0.05) is 5.16 Å². The van der Waals surface area contributed by atoms with E-state index in [1.54, 1.807) is 11.8 Å². The van der Waals surface area contributed by atoms with Crippen molar-refractivity contribution in [3.05, 3.63) is 35.5 Å². The first kappa shape index (κ1) is 18.2. The summed E-state index contributed by atoms with van der Waals surface area (Å²) < 4.78 is 46.0. The molecule has 3 rings (SSSR count). The monoisotopic (exact) mass is 369 g/mol. The van der Waals surface area contributed by atoms with Gasteiger partial charge in [-0.3, -0.25) is 4.79 Å². The van der Waals surface area contributed by atoms with E-state index in [2.05, 4.69) is 14.9 Å². The molecule has 0 unspecified atom stereocenters. The zero-order valence-corrected chi connectivity index (χ0v) is 14.2. The number of ether oxygens (including phenoxy) is 1. The third kappa shape index (κ3) is 4.53. The van der Waals surface area contributed by atoms with Crippen LogP contribution in [0.3, 0.4) is 0 Å². The van der Waals surface area contributed by atoms with E-state index >= 15 is 0 Å². The average molecular weight is 369 g/mol. The Balaban J connectivity index is 1.63. The summed E-state index contributed by atoms with van der Waals surface area (Å²) in [7, 11) is 0. The number of aryl methyl sites for hydroxylation is 3. The molecule has 1 aliphatic rings. The van der Waals surface area contributed by atoms with Crippen molar-refractivity contribution < 1.29 is 27.2 Å². The molecular formula is C17H18F3N3O3. The molecule has 0 fully saturated rings. The summed E-state index contributed by atoms with van der Waals surface area (Å²) in [5.41, 5.74) is 1.32. The molecule has 1 amide bonds. The van der Waals surface area contributed by atoms with Crippen LogP contribution in [-0.4, -0.2) is 29.0 Å². The molecule has 1 aromatic heterocycles. The van der Waals surface area contributed by atoms with Gasteiger partial charge in [-0.2, -0.15) is 4.98 Å².